The molecule has 21 heavy (non-hydrogen) atoms. The molecule has 0 radical (unpaired) electrons. The summed E-state index contributed by atoms with van der Waals surface area (Å²) < 4.78 is 0. The fourth-order valence-corrected chi connectivity index (χ4v) is 2.44. The van der Waals surface area contributed by atoms with Crippen molar-refractivity contribution in [1.29, 1.82) is 0 Å². The zero-order valence-corrected chi connectivity index (χ0v) is 12.9. The van der Waals surface area contributed by atoms with Crippen molar-refractivity contribution in [3.63, 3.8) is 0 Å². The van der Waals surface area contributed by atoms with Crippen molar-refractivity contribution < 1.29 is 9.59 Å². The Bertz CT molecular complexity index is 622. The third-order valence-corrected chi connectivity index (χ3v) is 3.73. The predicted octanol–water partition coefficient (Wildman–Crippen LogP) is 0.952. The molecule has 1 unspecified atom stereocenters. The molecule has 1 atom stereocenters. The molecule has 2 amide bonds. The van der Waals surface area contributed by atoms with E-state index in [-0.39, 0.29) is 11.8 Å². The van der Waals surface area contributed by atoms with Gasteiger partial charge in [0.1, 0.15) is 11.9 Å². The molecule has 2 heterocycles. The number of H-pyrrole nitrogens is 1. The Morgan fingerprint density at radius 3 is 2.86 bits per heavy atom. The number of likely N-dealkylation sites (N-methyl/N-ethyl adjacent to an activating group) is 1. The largest absolute Gasteiger partial charge is 0.340 e. The minimum absolute atomic E-state index is 0.192. The van der Waals surface area contributed by atoms with Crippen molar-refractivity contribution >= 4 is 23.2 Å². The zero-order valence-electron chi connectivity index (χ0n) is 12.1. The molecule has 7 nitrogen and oxygen atoms in total. The molecule has 2 rings (SSSR count). The van der Waals surface area contributed by atoms with E-state index in [1.807, 2.05) is 5.38 Å². The van der Waals surface area contributed by atoms with Crippen molar-refractivity contribution in [2.75, 3.05) is 7.05 Å². The minimum atomic E-state index is -0.607. The van der Waals surface area contributed by atoms with Gasteiger partial charge in [0, 0.05) is 7.05 Å². The molecule has 0 fully saturated rings. The SMILES string of the molecule is Cc1nc(CN(C)C(=O)C(C)NC(=O)c2cccs2)n[nH]1. The van der Waals surface area contributed by atoms with Crippen LogP contribution in [0.25, 0.3) is 0 Å². The summed E-state index contributed by atoms with van der Waals surface area (Å²) in [5.41, 5.74) is 0. The lowest BCUT2D eigenvalue weighted by Crippen LogP contribution is -2.45. The summed E-state index contributed by atoms with van der Waals surface area (Å²) in [6.07, 6.45) is 0. The van der Waals surface area contributed by atoms with Gasteiger partial charge in [0.05, 0.1) is 11.4 Å². The fourth-order valence-electron chi connectivity index (χ4n) is 1.82. The monoisotopic (exact) mass is 307 g/mol. The van der Waals surface area contributed by atoms with Gasteiger partial charge in [0.15, 0.2) is 5.82 Å². The maximum Gasteiger partial charge on any atom is 0.261 e. The maximum atomic E-state index is 12.2. The van der Waals surface area contributed by atoms with Crippen LogP contribution in [0.3, 0.4) is 0 Å². The van der Waals surface area contributed by atoms with E-state index in [4.69, 9.17) is 0 Å². The number of nitrogens with one attached hydrogen (secondary N) is 2. The number of rotatable bonds is 5. The van der Waals surface area contributed by atoms with Gasteiger partial charge in [-0.2, -0.15) is 5.10 Å². The topological polar surface area (TPSA) is 91.0 Å². The Balaban J connectivity index is 1.90. The molecule has 8 heteroatoms. The highest BCUT2D eigenvalue weighted by atomic mass is 32.1. The second kappa shape index (κ2) is 6.49. The van der Waals surface area contributed by atoms with E-state index in [0.29, 0.717) is 23.1 Å². The van der Waals surface area contributed by atoms with Gasteiger partial charge < -0.3 is 10.2 Å². The Kier molecular flexibility index (Phi) is 4.69. The third kappa shape index (κ3) is 3.88. The Hall–Kier alpha value is -2.22. The van der Waals surface area contributed by atoms with E-state index in [1.165, 1.54) is 16.2 Å². The summed E-state index contributed by atoms with van der Waals surface area (Å²) in [6.45, 7) is 3.75. The zero-order chi connectivity index (χ0) is 15.4. The first-order valence-electron chi connectivity index (χ1n) is 6.44. The minimum Gasteiger partial charge on any atom is -0.340 e. The van der Waals surface area contributed by atoms with Crippen LogP contribution in [0.1, 0.15) is 28.2 Å². The van der Waals surface area contributed by atoms with Gasteiger partial charge >= 0.3 is 0 Å². The molecule has 2 N–H and O–H groups in total. The number of aromatic nitrogens is 3. The molecule has 0 aliphatic carbocycles. The summed E-state index contributed by atoms with van der Waals surface area (Å²) in [7, 11) is 1.65. The first-order chi connectivity index (χ1) is 9.97. The lowest BCUT2D eigenvalue weighted by Gasteiger charge is -2.20. The number of carbonyl (C=O) groups excluding carboxylic acids is 2. The smallest absolute Gasteiger partial charge is 0.261 e. The van der Waals surface area contributed by atoms with Crippen molar-refractivity contribution in [2.45, 2.75) is 26.4 Å². The average Bonchev–Trinajstić information content (AvgIpc) is 3.09. The first kappa shape index (κ1) is 15.2. The molecule has 0 aromatic carbocycles. The summed E-state index contributed by atoms with van der Waals surface area (Å²) in [4.78, 5) is 30.3. The van der Waals surface area contributed by atoms with E-state index < -0.39 is 6.04 Å². The van der Waals surface area contributed by atoms with E-state index in [9.17, 15) is 9.59 Å². The van der Waals surface area contributed by atoms with Crippen molar-refractivity contribution in [1.82, 2.24) is 25.4 Å². The highest BCUT2D eigenvalue weighted by molar-refractivity contribution is 7.12. The van der Waals surface area contributed by atoms with Gasteiger partial charge in [-0.1, -0.05) is 6.07 Å². The van der Waals surface area contributed by atoms with Crippen LogP contribution in [-0.2, 0) is 11.3 Å². The molecule has 0 aliphatic rings. The van der Waals surface area contributed by atoms with Crippen LogP contribution in [0.15, 0.2) is 17.5 Å². The van der Waals surface area contributed by atoms with E-state index in [1.54, 1.807) is 33.0 Å². The number of hydrogen-bond donors (Lipinski definition) is 2. The third-order valence-electron chi connectivity index (χ3n) is 2.86. The number of carbonyl (C=O) groups is 2. The van der Waals surface area contributed by atoms with Crippen LogP contribution in [0.2, 0.25) is 0 Å². The number of nitrogens with zero attached hydrogens (tertiary/aromatic N) is 3. The second-order valence-electron chi connectivity index (χ2n) is 4.70. The standard InChI is InChI=1S/C13H17N5O2S/c1-8(14-12(19)10-5-4-6-21-10)13(20)18(3)7-11-15-9(2)16-17-11/h4-6,8H,7H2,1-3H3,(H,14,19)(H,15,16,17). The number of thiophene rings is 1. The molecular formula is C13H17N5O2S. The number of aryl methyl sites for hydroxylation is 1. The number of hydrogen-bond acceptors (Lipinski definition) is 5. The molecule has 0 bridgehead atoms. The van der Waals surface area contributed by atoms with Gasteiger partial charge in [0.2, 0.25) is 5.91 Å². The van der Waals surface area contributed by atoms with E-state index in [2.05, 4.69) is 20.5 Å². The van der Waals surface area contributed by atoms with Crippen molar-refractivity contribution in [3.8, 4) is 0 Å². The van der Waals surface area contributed by atoms with Gasteiger partial charge in [-0.05, 0) is 25.3 Å². The predicted molar refractivity (Wildman–Crippen MR) is 78.8 cm³/mol. The molecular weight excluding hydrogens is 290 g/mol. The Morgan fingerprint density at radius 1 is 1.52 bits per heavy atom. The van der Waals surface area contributed by atoms with Gasteiger partial charge in [0.25, 0.3) is 5.91 Å². The van der Waals surface area contributed by atoms with Crippen LogP contribution in [0.4, 0.5) is 0 Å². The molecule has 0 saturated carbocycles. The molecule has 0 aliphatic heterocycles. The lowest BCUT2D eigenvalue weighted by molar-refractivity contribution is -0.132. The van der Waals surface area contributed by atoms with Crippen molar-refractivity contribution in [3.05, 3.63) is 34.0 Å². The first-order valence-corrected chi connectivity index (χ1v) is 7.32. The summed E-state index contributed by atoms with van der Waals surface area (Å²) in [5.74, 6) is 0.806. The normalized spacial score (nSPS) is 12.0. The summed E-state index contributed by atoms with van der Waals surface area (Å²) in [6, 6.07) is 2.91. The number of amides is 2. The molecule has 2 aromatic heterocycles. The number of aromatic amines is 1. The average molecular weight is 307 g/mol. The quantitative estimate of drug-likeness (QED) is 0.860. The molecule has 2 aromatic rings. The molecule has 0 saturated heterocycles. The van der Waals surface area contributed by atoms with Gasteiger partial charge in [-0.15, -0.1) is 11.3 Å². The summed E-state index contributed by atoms with van der Waals surface area (Å²) in [5, 5.41) is 11.2. The summed E-state index contributed by atoms with van der Waals surface area (Å²) >= 11 is 1.34. The van der Waals surface area contributed by atoms with E-state index in [0.717, 1.165) is 0 Å². The van der Waals surface area contributed by atoms with Gasteiger partial charge in [-0.3, -0.25) is 14.7 Å². The van der Waals surface area contributed by atoms with E-state index >= 15 is 0 Å². The lowest BCUT2D eigenvalue weighted by atomic mass is 10.2. The van der Waals surface area contributed by atoms with Crippen LogP contribution in [0.5, 0.6) is 0 Å². The van der Waals surface area contributed by atoms with Crippen molar-refractivity contribution in [2.24, 2.45) is 0 Å². The maximum absolute atomic E-state index is 12.2. The molecule has 0 spiro atoms. The highest BCUT2D eigenvalue weighted by Crippen LogP contribution is 2.08. The van der Waals surface area contributed by atoms with Crippen LogP contribution < -0.4 is 5.32 Å². The van der Waals surface area contributed by atoms with Crippen LogP contribution in [0, 0.1) is 6.92 Å². The Labute approximate surface area is 126 Å². The van der Waals surface area contributed by atoms with Crippen LogP contribution >= 0.6 is 11.3 Å². The molecule has 112 valence electrons. The van der Waals surface area contributed by atoms with Gasteiger partial charge in [-0.25, -0.2) is 4.98 Å². The van der Waals surface area contributed by atoms with Crippen LogP contribution in [-0.4, -0.2) is 45.0 Å². The fraction of sp³-hybridized carbons (Fsp3) is 0.385. The second-order valence-corrected chi connectivity index (χ2v) is 5.65. The Morgan fingerprint density at radius 2 is 2.29 bits per heavy atom. The highest BCUT2D eigenvalue weighted by Gasteiger charge is 2.21.